The molecule has 0 saturated carbocycles. The topological polar surface area (TPSA) is 55.8 Å². The number of rotatable bonds is 5. The number of carbonyl (C=O) groups excluding carboxylic acids is 2. The van der Waals surface area contributed by atoms with Gasteiger partial charge in [0.25, 0.3) is 0 Å². The first-order chi connectivity index (χ1) is 8.85. The summed E-state index contributed by atoms with van der Waals surface area (Å²) >= 11 is 0. The van der Waals surface area contributed by atoms with Crippen molar-refractivity contribution in [3.63, 3.8) is 0 Å². The molecule has 118 valence electrons. The van der Waals surface area contributed by atoms with E-state index in [1.54, 1.807) is 20.8 Å². The molecule has 0 spiro atoms. The molecule has 0 aliphatic heterocycles. The maximum absolute atomic E-state index is 12.5. The van der Waals surface area contributed by atoms with Gasteiger partial charge in [-0.1, -0.05) is 0 Å². The Bertz CT molecular complexity index is 350. The molecule has 0 radical (unpaired) electrons. The van der Waals surface area contributed by atoms with Gasteiger partial charge in [0.05, 0.1) is 25.9 Å². The van der Waals surface area contributed by atoms with Crippen LogP contribution in [0.5, 0.6) is 0 Å². The molecular weight excluding hydrogens is 279 g/mol. The lowest BCUT2D eigenvalue weighted by atomic mass is 10.00. The van der Waals surface area contributed by atoms with E-state index in [0.29, 0.717) is 5.06 Å². The van der Waals surface area contributed by atoms with Crippen molar-refractivity contribution in [2.75, 3.05) is 14.2 Å². The van der Waals surface area contributed by atoms with Gasteiger partial charge in [-0.15, -0.1) is 0 Å². The molecule has 1 unspecified atom stereocenters. The summed E-state index contributed by atoms with van der Waals surface area (Å²) in [6.07, 6.45) is -6.61. The van der Waals surface area contributed by atoms with Crippen molar-refractivity contribution >= 4 is 11.9 Å². The van der Waals surface area contributed by atoms with Crippen LogP contribution in [0.1, 0.15) is 33.6 Å². The fraction of sp³-hybridized carbons (Fsp3) is 0.833. The molecule has 0 aromatic heterocycles. The van der Waals surface area contributed by atoms with E-state index in [9.17, 15) is 22.8 Å². The molecule has 0 rings (SSSR count). The first-order valence-corrected chi connectivity index (χ1v) is 5.96. The van der Waals surface area contributed by atoms with Gasteiger partial charge >= 0.3 is 12.1 Å². The molecule has 0 saturated heterocycles. The van der Waals surface area contributed by atoms with Gasteiger partial charge in [-0.25, -0.2) is 5.06 Å². The van der Waals surface area contributed by atoms with Crippen LogP contribution in [0.4, 0.5) is 13.2 Å². The van der Waals surface area contributed by atoms with Crippen LogP contribution in [0.15, 0.2) is 0 Å². The minimum absolute atomic E-state index is 0.649. The molecule has 8 heteroatoms. The number of hydrogen-bond donors (Lipinski definition) is 0. The summed E-state index contributed by atoms with van der Waals surface area (Å²) in [5.41, 5.74) is -0.823. The average Bonchev–Trinajstić information content (AvgIpc) is 2.21. The number of amides is 1. The second-order valence-corrected chi connectivity index (χ2v) is 5.33. The maximum Gasteiger partial charge on any atom is 0.389 e. The van der Waals surface area contributed by atoms with Crippen molar-refractivity contribution in [3.8, 4) is 0 Å². The van der Waals surface area contributed by atoms with E-state index in [0.717, 1.165) is 7.11 Å². The summed E-state index contributed by atoms with van der Waals surface area (Å²) in [5.74, 6) is -3.34. The maximum atomic E-state index is 12.5. The highest BCUT2D eigenvalue weighted by molar-refractivity contribution is 5.83. The number of halogens is 3. The van der Waals surface area contributed by atoms with Crippen molar-refractivity contribution in [1.82, 2.24) is 5.06 Å². The minimum atomic E-state index is -4.56. The van der Waals surface area contributed by atoms with Crippen LogP contribution in [0, 0.1) is 5.92 Å². The van der Waals surface area contributed by atoms with Crippen LogP contribution in [0.3, 0.4) is 0 Å². The van der Waals surface area contributed by atoms with E-state index in [2.05, 4.69) is 4.84 Å². The summed E-state index contributed by atoms with van der Waals surface area (Å²) in [7, 11) is 2.33. The largest absolute Gasteiger partial charge is 0.460 e. The number of carbonyl (C=O) groups is 2. The van der Waals surface area contributed by atoms with Gasteiger partial charge in [0.2, 0.25) is 5.91 Å². The Kier molecular flexibility index (Phi) is 6.46. The SMILES string of the molecule is CON(C)C(=O)C(CC(=O)OC(C)(C)C)CC(F)(F)F. The standard InChI is InChI=1S/C12H20F3NO4/c1-11(2,3)20-9(17)6-8(7-12(13,14)15)10(18)16(4)19-5/h8H,6-7H2,1-5H3. The third-order valence-corrected chi connectivity index (χ3v) is 2.24. The Labute approximate surface area is 116 Å². The fourth-order valence-corrected chi connectivity index (χ4v) is 1.46. The molecule has 0 aromatic rings. The third-order valence-electron chi connectivity index (χ3n) is 2.24. The molecule has 1 amide bonds. The van der Waals surface area contributed by atoms with Gasteiger partial charge in [0.15, 0.2) is 0 Å². The van der Waals surface area contributed by atoms with Crippen molar-refractivity contribution in [1.29, 1.82) is 0 Å². The zero-order chi connectivity index (χ0) is 16.1. The summed E-state index contributed by atoms with van der Waals surface area (Å²) in [6.45, 7) is 4.77. The van der Waals surface area contributed by atoms with Crippen LogP contribution >= 0.6 is 0 Å². The molecule has 5 nitrogen and oxygen atoms in total. The number of alkyl halides is 3. The fourth-order valence-electron chi connectivity index (χ4n) is 1.46. The van der Waals surface area contributed by atoms with Gasteiger partial charge in [-0.05, 0) is 20.8 Å². The van der Waals surface area contributed by atoms with E-state index in [-0.39, 0.29) is 0 Å². The molecule has 0 aliphatic carbocycles. The number of hydrogen-bond acceptors (Lipinski definition) is 4. The molecule has 0 aromatic carbocycles. The number of nitrogens with zero attached hydrogens (tertiary/aromatic N) is 1. The summed E-state index contributed by atoms with van der Waals surface area (Å²) in [5, 5.41) is 0.667. The minimum Gasteiger partial charge on any atom is -0.460 e. The van der Waals surface area contributed by atoms with Crippen molar-refractivity contribution in [2.24, 2.45) is 5.92 Å². The number of hydroxylamine groups is 2. The molecule has 0 N–H and O–H groups in total. The molecule has 0 bridgehead atoms. The quantitative estimate of drug-likeness (QED) is 0.577. The molecular formula is C12H20F3NO4. The zero-order valence-corrected chi connectivity index (χ0v) is 12.2. The Morgan fingerprint density at radius 2 is 1.70 bits per heavy atom. The number of esters is 1. The first kappa shape index (κ1) is 18.7. The van der Waals surface area contributed by atoms with E-state index in [1.165, 1.54) is 7.05 Å². The lowest BCUT2D eigenvalue weighted by molar-refractivity contribution is -0.188. The van der Waals surface area contributed by atoms with E-state index in [1.807, 2.05) is 0 Å². The smallest absolute Gasteiger partial charge is 0.389 e. The lowest BCUT2D eigenvalue weighted by Gasteiger charge is -2.24. The van der Waals surface area contributed by atoms with E-state index in [4.69, 9.17) is 4.74 Å². The van der Waals surface area contributed by atoms with Gasteiger partial charge < -0.3 is 4.74 Å². The van der Waals surface area contributed by atoms with Gasteiger partial charge in [-0.2, -0.15) is 13.2 Å². The number of ether oxygens (including phenoxy) is 1. The van der Waals surface area contributed by atoms with Crippen LogP contribution in [-0.2, 0) is 19.2 Å². The van der Waals surface area contributed by atoms with Crippen LogP contribution in [-0.4, -0.2) is 42.9 Å². The van der Waals surface area contributed by atoms with Gasteiger partial charge in [0, 0.05) is 7.05 Å². The van der Waals surface area contributed by atoms with Gasteiger partial charge in [0.1, 0.15) is 5.60 Å². The summed E-state index contributed by atoms with van der Waals surface area (Å²) in [4.78, 5) is 27.9. The second kappa shape index (κ2) is 6.92. The van der Waals surface area contributed by atoms with Crippen LogP contribution < -0.4 is 0 Å². The van der Waals surface area contributed by atoms with E-state index < -0.39 is 42.4 Å². The monoisotopic (exact) mass is 299 g/mol. The van der Waals surface area contributed by atoms with Crippen molar-refractivity contribution < 1.29 is 32.3 Å². The van der Waals surface area contributed by atoms with Crippen LogP contribution in [0.25, 0.3) is 0 Å². The Morgan fingerprint density at radius 3 is 2.05 bits per heavy atom. The predicted octanol–water partition coefficient (Wildman–Crippen LogP) is 2.31. The predicted molar refractivity (Wildman–Crippen MR) is 64.4 cm³/mol. The van der Waals surface area contributed by atoms with Crippen molar-refractivity contribution in [3.05, 3.63) is 0 Å². The summed E-state index contributed by atoms with van der Waals surface area (Å²) < 4.78 is 42.3. The zero-order valence-electron chi connectivity index (χ0n) is 12.2. The van der Waals surface area contributed by atoms with Crippen LogP contribution in [0.2, 0.25) is 0 Å². The van der Waals surface area contributed by atoms with Crippen molar-refractivity contribution in [2.45, 2.75) is 45.4 Å². The molecule has 0 heterocycles. The Morgan fingerprint density at radius 1 is 1.20 bits per heavy atom. The lowest BCUT2D eigenvalue weighted by Crippen LogP contribution is -2.37. The highest BCUT2D eigenvalue weighted by Crippen LogP contribution is 2.28. The second-order valence-electron chi connectivity index (χ2n) is 5.33. The van der Waals surface area contributed by atoms with Gasteiger partial charge in [-0.3, -0.25) is 14.4 Å². The average molecular weight is 299 g/mol. The highest BCUT2D eigenvalue weighted by atomic mass is 19.4. The Hall–Kier alpha value is -1.31. The molecule has 0 aliphatic rings. The normalized spacial score (nSPS) is 13.8. The molecule has 0 fully saturated rings. The highest BCUT2D eigenvalue weighted by Gasteiger charge is 2.38. The summed E-state index contributed by atoms with van der Waals surface area (Å²) in [6, 6.07) is 0. The molecule has 20 heavy (non-hydrogen) atoms. The third kappa shape index (κ3) is 7.98. The Balaban J connectivity index is 4.87. The molecule has 1 atom stereocenters. The first-order valence-electron chi connectivity index (χ1n) is 5.96. The van der Waals surface area contributed by atoms with E-state index >= 15 is 0 Å².